The van der Waals surface area contributed by atoms with Gasteiger partial charge in [-0.25, -0.2) is 4.98 Å². The zero-order valence-corrected chi connectivity index (χ0v) is 15.4. The van der Waals surface area contributed by atoms with Crippen LogP contribution in [0.1, 0.15) is 17.4 Å². The maximum Gasteiger partial charge on any atom is 0.243 e. The van der Waals surface area contributed by atoms with Crippen molar-refractivity contribution in [2.45, 2.75) is 19.5 Å². The van der Waals surface area contributed by atoms with Gasteiger partial charge in [-0.05, 0) is 30.7 Å². The highest BCUT2D eigenvalue weighted by molar-refractivity contribution is 6.31. The second kappa shape index (κ2) is 7.09. The molecular weight excluding hydrogens is 348 g/mol. The molecule has 0 spiro atoms. The van der Waals surface area contributed by atoms with Crippen LogP contribution in [0.3, 0.4) is 0 Å². The van der Waals surface area contributed by atoms with E-state index in [1.165, 1.54) is 0 Å². The van der Waals surface area contributed by atoms with E-state index in [1.54, 1.807) is 0 Å². The lowest BCUT2D eigenvalue weighted by Crippen LogP contribution is -2.49. The fraction of sp³-hybridized carbons (Fsp3) is 0.300. The van der Waals surface area contributed by atoms with Crippen LogP contribution in [-0.4, -0.2) is 40.0 Å². The van der Waals surface area contributed by atoms with Crippen molar-refractivity contribution in [3.63, 3.8) is 0 Å². The van der Waals surface area contributed by atoms with Gasteiger partial charge in [0.05, 0.1) is 17.1 Å². The van der Waals surface area contributed by atoms with E-state index in [-0.39, 0.29) is 18.5 Å². The number of aryl methyl sites for hydroxylation is 1. The van der Waals surface area contributed by atoms with Gasteiger partial charge in [-0.2, -0.15) is 0 Å². The Morgan fingerprint density at radius 2 is 2.00 bits per heavy atom. The largest absolute Gasteiger partial charge is 0.331 e. The molecule has 0 saturated carbocycles. The Morgan fingerprint density at radius 3 is 2.85 bits per heavy atom. The van der Waals surface area contributed by atoms with Gasteiger partial charge in [0.25, 0.3) is 0 Å². The lowest BCUT2D eigenvalue weighted by atomic mass is 10.0. The molecule has 6 heteroatoms. The van der Waals surface area contributed by atoms with E-state index in [0.29, 0.717) is 18.1 Å². The molecule has 0 bridgehead atoms. The first-order valence-corrected chi connectivity index (χ1v) is 9.19. The maximum absolute atomic E-state index is 13.2. The molecule has 2 heterocycles. The smallest absolute Gasteiger partial charge is 0.243 e. The number of hydrogen-bond donors (Lipinski definition) is 1. The monoisotopic (exact) mass is 368 g/mol. The van der Waals surface area contributed by atoms with Crippen LogP contribution < -0.4 is 5.32 Å². The molecule has 1 aromatic heterocycles. The van der Waals surface area contributed by atoms with Crippen molar-refractivity contribution in [3.05, 3.63) is 64.9 Å². The van der Waals surface area contributed by atoms with Crippen molar-refractivity contribution in [2.24, 2.45) is 0 Å². The van der Waals surface area contributed by atoms with Crippen LogP contribution in [0, 0.1) is 6.92 Å². The second-order valence-electron chi connectivity index (χ2n) is 6.56. The predicted molar refractivity (Wildman–Crippen MR) is 103 cm³/mol. The molecule has 1 saturated heterocycles. The molecule has 1 aliphatic rings. The molecule has 134 valence electrons. The number of aromatic nitrogens is 2. The minimum atomic E-state index is -0.0555. The minimum absolute atomic E-state index is 0.0555. The summed E-state index contributed by atoms with van der Waals surface area (Å²) in [5.74, 6) is 0.937. The van der Waals surface area contributed by atoms with E-state index in [2.05, 4.69) is 10.3 Å². The number of hydrogen-bond acceptors (Lipinski definition) is 3. The quantitative estimate of drug-likeness (QED) is 0.772. The summed E-state index contributed by atoms with van der Waals surface area (Å²) in [7, 11) is 0. The molecule has 26 heavy (non-hydrogen) atoms. The van der Waals surface area contributed by atoms with Gasteiger partial charge in [-0.15, -0.1) is 0 Å². The number of para-hydroxylation sites is 2. The normalized spacial score (nSPS) is 17.6. The Kier molecular flexibility index (Phi) is 4.66. The summed E-state index contributed by atoms with van der Waals surface area (Å²) in [5, 5.41) is 4.07. The lowest BCUT2D eigenvalue weighted by molar-refractivity contribution is -0.135. The number of carbonyl (C=O) groups is 1. The molecule has 1 unspecified atom stereocenters. The van der Waals surface area contributed by atoms with Crippen molar-refractivity contribution >= 4 is 28.5 Å². The summed E-state index contributed by atoms with van der Waals surface area (Å²) in [6, 6.07) is 15.6. The van der Waals surface area contributed by atoms with Gasteiger partial charge >= 0.3 is 0 Å². The van der Waals surface area contributed by atoms with Gasteiger partial charge in [-0.3, -0.25) is 4.79 Å². The Balaban J connectivity index is 1.63. The van der Waals surface area contributed by atoms with Crippen LogP contribution in [0.25, 0.3) is 11.0 Å². The van der Waals surface area contributed by atoms with Crippen molar-refractivity contribution in [1.29, 1.82) is 0 Å². The van der Waals surface area contributed by atoms with Crippen molar-refractivity contribution < 1.29 is 4.79 Å². The molecule has 2 aromatic carbocycles. The third kappa shape index (κ3) is 3.08. The number of fused-ring (bicyclic) bond motifs is 1. The summed E-state index contributed by atoms with van der Waals surface area (Å²) in [5.41, 5.74) is 2.89. The van der Waals surface area contributed by atoms with Gasteiger partial charge in [0.2, 0.25) is 5.91 Å². The van der Waals surface area contributed by atoms with Crippen LogP contribution in [0.4, 0.5) is 0 Å². The van der Waals surface area contributed by atoms with Crippen molar-refractivity contribution in [2.75, 3.05) is 19.6 Å². The SMILES string of the molecule is Cc1nc2ccccc2n1CC(=O)N1CCNCC1c1ccccc1Cl. The van der Waals surface area contributed by atoms with E-state index in [1.807, 2.05) is 64.9 Å². The third-order valence-electron chi connectivity index (χ3n) is 4.97. The summed E-state index contributed by atoms with van der Waals surface area (Å²) >= 11 is 6.39. The number of nitrogens with one attached hydrogen (secondary N) is 1. The van der Waals surface area contributed by atoms with Crippen LogP contribution in [0.5, 0.6) is 0 Å². The third-order valence-corrected chi connectivity index (χ3v) is 5.31. The number of imidazole rings is 1. The molecular formula is C20H21ClN4O. The maximum atomic E-state index is 13.2. The highest BCUT2D eigenvalue weighted by atomic mass is 35.5. The number of carbonyl (C=O) groups excluding carboxylic acids is 1. The Labute approximate surface area is 157 Å². The first-order chi connectivity index (χ1) is 12.6. The topological polar surface area (TPSA) is 50.2 Å². The van der Waals surface area contributed by atoms with E-state index >= 15 is 0 Å². The van der Waals surface area contributed by atoms with Gasteiger partial charge in [-0.1, -0.05) is 41.9 Å². The molecule has 1 fully saturated rings. The van der Waals surface area contributed by atoms with Gasteiger partial charge in [0.15, 0.2) is 0 Å². The van der Waals surface area contributed by atoms with Gasteiger partial charge in [0.1, 0.15) is 12.4 Å². The first-order valence-electron chi connectivity index (χ1n) is 8.81. The predicted octanol–water partition coefficient (Wildman–Crippen LogP) is 3.17. The van der Waals surface area contributed by atoms with E-state index in [0.717, 1.165) is 29.0 Å². The van der Waals surface area contributed by atoms with E-state index < -0.39 is 0 Å². The molecule has 3 aromatic rings. The number of piperazine rings is 1. The first kappa shape index (κ1) is 17.1. The molecule has 0 radical (unpaired) electrons. The zero-order chi connectivity index (χ0) is 18.1. The van der Waals surface area contributed by atoms with E-state index in [4.69, 9.17) is 11.6 Å². The number of amides is 1. The fourth-order valence-electron chi connectivity index (χ4n) is 3.65. The molecule has 1 N–H and O–H groups in total. The molecule has 1 atom stereocenters. The van der Waals surface area contributed by atoms with Crippen LogP contribution in [0.2, 0.25) is 5.02 Å². The Bertz CT molecular complexity index is 952. The molecule has 1 amide bonds. The highest BCUT2D eigenvalue weighted by Crippen LogP contribution is 2.29. The number of rotatable bonds is 3. The lowest BCUT2D eigenvalue weighted by Gasteiger charge is -2.37. The average molecular weight is 369 g/mol. The fourth-order valence-corrected chi connectivity index (χ4v) is 3.91. The number of benzene rings is 2. The second-order valence-corrected chi connectivity index (χ2v) is 6.97. The standard InChI is InChI=1S/C20H21ClN4O/c1-14-23-17-8-4-5-9-18(17)25(14)13-20(26)24-11-10-22-12-19(24)15-6-2-3-7-16(15)21/h2-9,19,22H,10-13H2,1H3. The summed E-state index contributed by atoms with van der Waals surface area (Å²) < 4.78 is 1.99. The molecule has 4 rings (SSSR count). The summed E-state index contributed by atoms with van der Waals surface area (Å²) in [6.45, 7) is 4.39. The van der Waals surface area contributed by atoms with E-state index in [9.17, 15) is 4.79 Å². The molecule has 5 nitrogen and oxygen atoms in total. The summed E-state index contributed by atoms with van der Waals surface area (Å²) in [4.78, 5) is 19.7. The zero-order valence-electron chi connectivity index (χ0n) is 14.7. The van der Waals surface area contributed by atoms with Crippen molar-refractivity contribution in [3.8, 4) is 0 Å². The van der Waals surface area contributed by atoms with Crippen molar-refractivity contribution in [1.82, 2.24) is 19.8 Å². The Morgan fingerprint density at radius 1 is 1.23 bits per heavy atom. The Hall–Kier alpha value is -2.37. The molecule has 1 aliphatic heterocycles. The average Bonchev–Trinajstić information content (AvgIpc) is 2.97. The number of nitrogens with zero attached hydrogens (tertiary/aromatic N) is 3. The van der Waals surface area contributed by atoms with Crippen LogP contribution >= 0.6 is 11.6 Å². The van der Waals surface area contributed by atoms with Gasteiger partial charge < -0.3 is 14.8 Å². The van der Waals surface area contributed by atoms with Crippen LogP contribution in [-0.2, 0) is 11.3 Å². The minimum Gasteiger partial charge on any atom is -0.331 e. The van der Waals surface area contributed by atoms with Gasteiger partial charge in [0, 0.05) is 24.7 Å². The van der Waals surface area contributed by atoms with Crippen LogP contribution in [0.15, 0.2) is 48.5 Å². The summed E-state index contributed by atoms with van der Waals surface area (Å²) in [6.07, 6.45) is 0. The number of halogens is 1. The molecule has 0 aliphatic carbocycles. The highest BCUT2D eigenvalue weighted by Gasteiger charge is 2.29.